The van der Waals surface area contributed by atoms with Gasteiger partial charge in [0.15, 0.2) is 17.5 Å². The molecule has 3 aromatic heterocycles. The van der Waals surface area contributed by atoms with Gasteiger partial charge in [0.25, 0.3) is 0 Å². The van der Waals surface area contributed by atoms with Gasteiger partial charge in [0.05, 0.1) is 16.5 Å². The third-order valence-electron chi connectivity index (χ3n) is 9.18. The van der Waals surface area contributed by atoms with Crippen molar-refractivity contribution < 1.29 is 9.90 Å². The molecule has 0 saturated carbocycles. The quantitative estimate of drug-likeness (QED) is 0.187. The highest BCUT2D eigenvalue weighted by atomic mass is 16.3. The number of nitrogens with zero attached hydrogens (tertiary/aromatic N) is 4. The highest BCUT2D eigenvalue weighted by molar-refractivity contribution is 6.11. The van der Waals surface area contributed by atoms with E-state index in [0.717, 1.165) is 66.1 Å². The molecule has 0 fully saturated rings. The van der Waals surface area contributed by atoms with Gasteiger partial charge in [0.1, 0.15) is 11.2 Å². The molecule has 5 heteroatoms. The molecule has 5 nitrogen and oxygen atoms in total. The van der Waals surface area contributed by atoms with Crippen LogP contribution < -0.4 is 0 Å². The number of aromatic nitrogens is 4. The van der Waals surface area contributed by atoms with Gasteiger partial charge in [-0.05, 0) is 53.6 Å². The molecule has 0 saturated heterocycles. The van der Waals surface area contributed by atoms with E-state index in [1.807, 2.05) is 109 Å². The molecule has 10 rings (SSSR count). The number of rotatable bonds is 5. The molecule has 3 heterocycles. The molecule has 0 radical (unpaired) electrons. The maximum absolute atomic E-state index is 8.60. The van der Waals surface area contributed by atoms with Crippen molar-refractivity contribution in [2.24, 2.45) is 0 Å². The van der Waals surface area contributed by atoms with Crippen LogP contribution in [0.5, 0.6) is 0 Å². The predicted octanol–water partition coefficient (Wildman–Crippen LogP) is 11.5. The summed E-state index contributed by atoms with van der Waals surface area (Å²) in [6.07, 6.45) is 0. The van der Waals surface area contributed by atoms with Gasteiger partial charge in [0, 0.05) is 50.0 Å². The van der Waals surface area contributed by atoms with E-state index < -0.39 is 0 Å². The van der Waals surface area contributed by atoms with Crippen molar-refractivity contribution in [2.45, 2.75) is 0 Å². The zero-order valence-electron chi connectivity index (χ0n) is 30.6. The summed E-state index contributed by atoms with van der Waals surface area (Å²) in [5.74, 6) is 1.77. The Morgan fingerprint density at radius 3 is 1.86 bits per heavy atom. The molecule has 0 unspecified atom stereocenters. The van der Waals surface area contributed by atoms with E-state index >= 15 is 0 Å². The molecule has 0 N–H and O–H groups in total. The van der Waals surface area contributed by atoms with Crippen LogP contribution in [0.15, 0.2) is 174 Å². The standard InChI is InChI=1S/C45H28N4O/c1-4-12-29(13-5-1)32-20-23-36-35-18-10-11-19-39(35)49(40(36)27-32)34-22-24-37-38-26-33(21-25-41(38)50-42(37)28-34)45-47-43(30-14-6-2-7-15-30)46-44(48-45)31-16-8-3-9-17-31/h1-28H/i1D,4D,12D,13D. The summed E-state index contributed by atoms with van der Waals surface area (Å²) in [4.78, 5) is 14.7. The molecule has 0 aliphatic rings. The first-order valence-electron chi connectivity index (χ1n) is 18.4. The van der Waals surface area contributed by atoms with E-state index in [0.29, 0.717) is 28.6 Å². The molecule has 0 amide bonds. The maximum atomic E-state index is 8.60. The van der Waals surface area contributed by atoms with Crippen LogP contribution in [0.2, 0.25) is 0 Å². The number of fused-ring (bicyclic) bond motifs is 6. The molecule has 0 atom stereocenters. The molecule has 0 aliphatic heterocycles. The molecule has 50 heavy (non-hydrogen) atoms. The Bertz CT molecular complexity index is 3050. The number of benzene rings is 7. The first-order chi connectivity index (χ1) is 26.4. The summed E-state index contributed by atoms with van der Waals surface area (Å²) in [5.41, 5.74) is 7.89. The fourth-order valence-electron chi connectivity index (χ4n) is 6.82. The van der Waals surface area contributed by atoms with E-state index in [-0.39, 0.29) is 24.2 Å². The van der Waals surface area contributed by atoms with Crippen molar-refractivity contribution in [3.63, 3.8) is 0 Å². The Balaban J connectivity index is 1.12. The van der Waals surface area contributed by atoms with Gasteiger partial charge in [0.2, 0.25) is 0 Å². The maximum Gasteiger partial charge on any atom is 0.164 e. The summed E-state index contributed by atoms with van der Waals surface area (Å²) in [5, 5.41) is 3.98. The fourth-order valence-corrected chi connectivity index (χ4v) is 6.82. The van der Waals surface area contributed by atoms with Crippen molar-refractivity contribution >= 4 is 43.7 Å². The second-order valence-corrected chi connectivity index (χ2v) is 12.2. The Labute approximate surface area is 293 Å². The minimum atomic E-state index is -0.191. The van der Waals surface area contributed by atoms with Crippen molar-refractivity contribution in [2.75, 3.05) is 0 Å². The van der Waals surface area contributed by atoms with Gasteiger partial charge in [-0.25, -0.2) is 15.0 Å². The van der Waals surface area contributed by atoms with Crippen molar-refractivity contribution in [1.29, 1.82) is 0 Å². The lowest BCUT2D eigenvalue weighted by atomic mass is 10.0. The van der Waals surface area contributed by atoms with Crippen molar-refractivity contribution in [3.8, 4) is 51.0 Å². The normalized spacial score (nSPS) is 12.7. The van der Waals surface area contributed by atoms with Gasteiger partial charge < -0.3 is 8.98 Å². The first-order valence-corrected chi connectivity index (χ1v) is 16.4. The molecular formula is C45H28N4O. The molecule has 0 bridgehead atoms. The topological polar surface area (TPSA) is 56.7 Å². The summed E-state index contributed by atoms with van der Waals surface area (Å²) >= 11 is 0. The van der Waals surface area contributed by atoms with Crippen LogP contribution in [0.4, 0.5) is 0 Å². The van der Waals surface area contributed by atoms with Gasteiger partial charge >= 0.3 is 0 Å². The molecule has 7 aromatic carbocycles. The van der Waals surface area contributed by atoms with Crippen LogP contribution >= 0.6 is 0 Å². The van der Waals surface area contributed by atoms with Crippen LogP contribution in [0, 0.1) is 0 Å². The minimum Gasteiger partial charge on any atom is -0.456 e. The summed E-state index contributed by atoms with van der Waals surface area (Å²) < 4.78 is 42.1. The average Bonchev–Trinajstić information content (AvgIpc) is 3.75. The minimum absolute atomic E-state index is 0.0517. The number of hydrogen-bond donors (Lipinski definition) is 0. The zero-order chi connectivity index (χ0) is 36.5. The zero-order valence-corrected chi connectivity index (χ0v) is 26.6. The second kappa shape index (κ2) is 11.4. The Kier molecular flexibility index (Phi) is 5.54. The van der Waals surface area contributed by atoms with Crippen molar-refractivity contribution in [3.05, 3.63) is 170 Å². The van der Waals surface area contributed by atoms with Gasteiger partial charge in [-0.2, -0.15) is 0 Å². The monoisotopic (exact) mass is 644 g/mol. The Morgan fingerprint density at radius 1 is 0.420 bits per heavy atom. The van der Waals surface area contributed by atoms with E-state index in [1.54, 1.807) is 0 Å². The summed E-state index contributed by atoms with van der Waals surface area (Å²) in [6.45, 7) is 0. The van der Waals surface area contributed by atoms with Crippen LogP contribution in [0.1, 0.15) is 5.48 Å². The number of hydrogen-bond acceptors (Lipinski definition) is 4. The number of para-hydroxylation sites is 1. The molecule has 0 spiro atoms. The molecule has 234 valence electrons. The Hall–Kier alpha value is -6.85. The lowest BCUT2D eigenvalue weighted by Gasteiger charge is -2.09. The van der Waals surface area contributed by atoms with Crippen LogP contribution in [0.3, 0.4) is 0 Å². The third-order valence-corrected chi connectivity index (χ3v) is 9.18. The number of furan rings is 1. The molecule has 10 aromatic rings. The van der Waals surface area contributed by atoms with Crippen LogP contribution in [-0.2, 0) is 0 Å². The van der Waals surface area contributed by atoms with E-state index in [9.17, 15) is 0 Å². The van der Waals surface area contributed by atoms with Crippen LogP contribution in [0.25, 0.3) is 94.7 Å². The first kappa shape index (κ1) is 24.3. The molecular weight excluding hydrogens is 613 g/mol. The molecule has 0 aliphatic carbocycles. The highest BCUT2D eigenvalue weighted by Crippen LogP contribution is 2.38. The van der Waals surface area contributed by atoms with Crippen LogP contribution in [-0.4, -0.2) is 19.5 Å². The second-order valence-electron chi connectivity index (χ2n) is 12.2. The van der Waals surface area contributed by atoms with E-state index in [2.05, 4.69) is 34.9 Å². The predicted molar refractivity (Wildman–Crippen MR) is 203 cm³/mol. The lowest BCUT2D eigenvalue weighted by molar-refractivity contribution is 0.668. The fraction of sp³-hybridized carbons (Fsp3) is 0. The SMILES string of the molecule is [2H]c1cc([2H])c(-c2ccc3c4ccccc4n(-c4ccc5c(c4)oc4ccc(-c6nc(-c7ccccc7)nc(-c7ccccc7)n6)cc45)c3c2)c([2H])c1[2H]. The Morgan fingerprint density at radius 2 is 1.08 bits per heavy atom. The van der Waals surface area contributed by atoms with E-state index in [4.69, 9.17) is 24.9 Å². The van der Waals surface area contributed by atoms with Gasteiger partial charge in [-0.15, -0.1) is 0 Å². The highest BCUT2D eigenvalue weighted by Gasteiger charge is 2.17. The third kappa shape index (κ3) is 4.67. The van der Waals surface area contributed by atoms with Gasteiger partial charge in [-0.1, -0.05) is 121 Å². The lowest BCUT2D eigenvalue weighted by Crippen LogP contribution is -2.00. The van der Waals surface area contributed by atoms with E-state index in [1.165, 1.54) is 6.07 Å². The van der Waals surface area contributed by atoms with Gasteiger partial charge in [-0.3, -0.25) is 0 Å². The summed E-state index contributed by atoms with van der Waals surface area (Å²) in [6, 6.07) is 47.1. The smallest absolute Gasteiger partial charge is 0.164 e. The summed E-state index contributed by atoms with van der Waals surface area (Å²) in [7, 11) is 0. The van der Waals surface area contributed by atoms with Crippen molar-refractivity contribution in [1.82, 2.24) is 19.5 Å². The largest absolute Gasteiger partial charge is 0.456 e. The average molecular weight is 645 g/mol.